The highest BCUT2D eigenvalue weighted by Crippen LogP contribution is 2.19. The Balaban J connectivity index is 0.00000242. The number of hydrogen-bond acceptors (Lipinski definition) is 6. The first-order chi connectivity index (χ1) is 10.3. The molecule has 1 N–H and O–H groups in total. The third kappa shape index (κ3) is 5.41. The van der Waals surface area contributed by atoms with Gasteiger partial charge < -0.3 is 15.1 Å². The van der Waals surface area contributed by atoms with Crippen LogP contribution in [0.4, 0.5) is 5.13 Å². The second-order valence-corrected chi connectivity index (χ2v) is 6.50. The van der Waals surface area contributed by atoms with Crippen LogP contribution in [0.15, 0.2) is 4.99 Å². The molecule has 1 aromatic heterocycles. The van der Waals surface area contributed by atoms with E-state index in [-0.39, 0.29) is 24.0 Å². The largest absolute Gasteiger partial charge is 0.355 e. The van der Waals surface area contributed by atoms with Gasteiger partial charge in [-0.2, -0.15) is 16.1 Å². The molecule has 0 radical (unpaired) electrons. The number of nitrogens with one attached hydrogen (secondary N) is 1. The fourth-order valence-electron chi connectivity index (χ4n) is 2.22. The van der Waals surface area contributed by atoms with Gasteiger partial charge in [-0.05, 0) is 6.26 Å². The molecule has 6 nitrogen and oxygen atoms in total. The molecule has 0 spiro atoms. The van der Waals surface area contributed by atoms with Gasteiger partial charge in [0.05, 0.1) is 0 Å². The van der Waals surface area contributed by atoms with Crippen molar-refractivity contribution in [3.05, 3.63) is 5.82 Å². The van der Waals surface area contributed by atoms with Crippen LogP contribution in [-0.2, 0) is 6.42 Å². The molecule has 2 rings (SSSR count). The number of rotatable bonds is 5. The highest BCUT2D eigenvalue weighted by Gasteiger charge is 2.21. The number of anilines is 1. The Labute approximate surface area is 158 Å². The molecule has 0 aliphatic carbocycles. The van der Waals surface area contributed by atoms with Crippen molar-refractivity contribution < 1.29 is 0 Å². The first-order valence-electron chi connectivity index (χ1n) is 7.30. The van der Waals surface area contributed by atoms with Crippen LogP contribution in [0, 0.1) is 0 Å². The summed E-state index contributed by atoms with van der Waals surface area (Å²) in [6.07, 6.45) is 3.03. The van der Waals surface area contributed by atoms with Crippen molar-refractivity contribution in [1.82, 2.24) is 19.6 Å². The quantitative estimate of drug-likeness (QED) is 0.316. The maximum Gasteiger partial charge on any atom is 0.205 e. The van der Waals surface area contributed by atoms with E-state index in [1.165, 1.54) is 11.5 Å². The number of aryl methyl sites for hydroxylation is 1. The van der Waals surface area contributed by atoms with Crippen LogP contribution in [-0.4, -0.2) is 72.0 Å². The zero-order valence-electron chi connectivity index (χ0n) is 13.4. The number of aromatic nitrogens is 2. The summed E-state index contributed by atoms with van der Waals surface area (Å²) in [6.45, 7) is 6.95. The maximum absolute atomic E-state index is 4.57. The predicted molar refractivity (Wildman–Crippen MR) is 108 cm³/mol. The van der Waals surface area contributed by atoms with Crippen LogP contribution in [0.5, 0.6) is 0 Å². The van der Waals surface area contributed by atoms with Crippen molar-refractivity contribution in [2.24, 2.45) is 4.99 Å². The molecule has 0 unspecified atom stereocenters. The molecular formula is C13H25IN6S2. The van der Waals surface area contributed by atoms with Gasteiger partial charge in [0.2, 0.25) is 5.13 Å². The van der Waals surface area contributed by atoms with Crippen LogP contribution in [0.25, 0.3) is 0 Å². The van der Waals surface area contributed by atoms with Crippen molar-refractivity contribution in [1.29, 1.82) is 0 Å². The molecule has 0 saturated carbocycles. The average Bonchev–Trinajstić information content (AvgIpc) is 3.01. The van der Waals surface area contributed by atoms with Gasteiger partial charge in [-0.25, -0.2) is 4.98 Å². The van der Waals surface area contributed by atoms with Gasteiger partial charge in [0.1, 0.15) is 5.82 Å². The normalized spacial score (nSPS) is 15.7. The Morgan fingerprint density at radius 2 is 2.09 bits per heavy atom. The molecule has 1 saturated heterocycles. The summed E-state index contributed by atoms with van der Waals surface area (Å²) in [4.78, 5) is 13.6. The molecule has 0 atom stereocenters. The van der Waals surface area contributed by atoms with Crippen molar-refractivity contribution in [2.75, 3.05) is 56.7 Å². The minimum absolute atomic E-state index is 0. The lowest BCUT2D eigenvalue weighted by Crippen LogP contribution is -2.52. The molecule has 22 heavy (non-hydrogen) atoms. The topological polar surface area (TPSA) is 56.7 Å². The Morgan fingerprint density at radius 3 is 2.64 bits per heavy atom. The molecule has 126 valence electrons. The number of aliphatic imine (C=N–C) groups is 1. The average molecular weight is 456 g/mol. The van der Waals surface area contributed by atoms with E-state index in [0.29, 0.717) is 0 Å². The molecule has 1 aliphatic rings. The Morgan fingerprint density at radius 1 is 1.36 bits per heavy atom. The maximum atomic E-state index is 4.57. The molecule has 0 amide bonds. The molecule has 1 aromatic rings. The van der Waals surface area contributed by atoms with Gasteiger partial charge in [0, 0.05) is 63.5 Å². The third-order valence-corrected chi connectivity index (χ3v) is 4.85. The van der Waals surface area contributed by atoms with Gasteiger partial charge in [-0.1, -0.05) is 6.92 Å². The molecule has 2 heterocycles. The lowest BCUT2D eigenvalue weighted by Gasteiger charge is -2.36. The van der Waals surface area contributed by atoms with Crippen molar-refractivity contribution >= 4 is 58.4 Å². The van der Waals surface area contributed by atoms with E-state index in [1.807, 2.05) is 18.8 Å². The molecule has 1 fully saturated rings. The summed E-state index contributed by atoms with van der Waals surface area (Å²) in [5.41, 5.74) is 0. The monoisotopic (exact) mass is 456 g/mol. The van der Waals surface area contributed by atoms with Gasteiger partial charge in [-0.15, -0.1) is 24.0 Å². The number of halogens is 1. The lowest BCUT2D eigenvalue weighted by molar-refractivity contribution is 0.373. The van der Waals surface area contributed by atoms with Crippen molar-refractivity contribution in [3.8, 4) is 0 Å². The van der Waals surface area contributed by atoms with E-state index in [1.54, 1.807) is 0 Å². The minimum atomic E-state index is 0. The first kappa shape index (κ1) is 19.8. The lowest BCUT2D eigenvalue weighted by atomic mass is 10.3. The van der Waals surface area contributed by atoms with E-state index < -0.39 is 0 Å². The van der Waals surface area contributed by atoms with E-state index in [4.69, 9.17) is 0 Å². The van der Waals surface area contributed by atoms with E-state index in [2.05, 4.69) is 42.6 Å². The summed E-state index contributed by atoms with van der Waals surface area (Å²) in [5.74, 6) is 3.06. The second-order valence-electron chi connectivity index (χ2n) is 4.79. The van der Waals surface area contributed by atoms with Crippen LogP contribution in [0.3, 0.4) is 0 Å². The molecule has 0 bridgehead atoms. The van der Waals surface area contributed by atoms with Crippen LogP contribution in [0.2, 0.25) is 0 Å². The Kier molecular flexibility index (Phi) is 9.41. The summed E-state index contributed by atoms with van der Waals surface area (Å²) in [6, 6.07) is 0. The zero-order chi connectivity index (χ0) is 15.1. The molecule has 0 aromatic carbocycles. The number of hydrogen-bond donors (Lipinski definition) is 1. The number of piperazine rings is 1. The van der Waals surface area contributed by atoms with Crippen molar-refractivity contribution in [2.45, 2.75) is 13.3 Å². The second kappa shape index (κ2) is 10.5. The summed E-state index contributed by atoms with van der Waals surface area (Å²) in [5, 5.41) is 4.47. The van der Waals surface area contributed by atoms with Crippen LogP contribution in [0.1, 0.15) is 12.7 Å². The third-order valence-electron chi connectivity index (χ3n) is 3.42. The van der Waals surface area contributed by atoms with E-state index >= 15 is 0 Å². The highest BCUT2D eigenvalue weighted by molar-refractivity contribution is 14.0. The van der Waals surface area contributed by atoms with Crippen LogP contribution < -0.4 is 10.2 Å². The van der Waals surface area contributed by atoms with Gasteiger partial charge in [0.25, 0.3) is 0 Å². The van der Waals surface area contributed by atoms with Crippen LogP contribution >= 0.6 is 47.3 Å². The first-order valence-corrected chi connectivity index (χ1v) is 9.47. The Hall–Kier alpha value is -0.290. The van der Waals surface area contributed by atoms with Gasteiger partial charge in [0.15, 0.2) is 5.96 Å². The molecule has 9 heteroatoms. The summed E-state index contributed by atoms with van der Waals surface area (Å²) in [7, 11) is 1.85. The fourth-order valence-corrected chi connectivity index (χ4v) is 3.33. The van der Waals surface area contributed by atoms with E-state index in [9.17, 15) is 0 Å². The fraction of sp³-hybridized carbons (Fsp3) is 0.769. The molecular weight excluding hydrogens is 431 g/mol. The number of guanidine groups is 1. The zero-order valence-corrected chi connectivity index (χ0v) is 17.4. The number of thioether (sulfide) groups is 1. The highest BCUT2D eigenvalue weighted by atomic mass is 127. The smallest absolute Gasteiger partial charge is 0.205 e. The number of nitrogens with zero attached hydrogens (tertiary/aromatic N) is 5. The minimum Gasteiger partial charge on any atom is -0.355 e. The SMILES string of the molecule is CCc1nsc(N2CCN(C(=NC)NCCSC)CC2)n1.I. The van der Waals surface area contributed by atoms with Crippen molar-refractivity contribution in [3.63, 3.8) is 0 Å². The molecule has 1 aliphatic heterocycles. The summed E-state index contributed by atoms with van der Waals surface area (Å²) < 4.78 is 4.37. The van der Waals surface area contributed by atoms with E-state index in [0.717, 1.165) is 61.8 Å². The summed E-state index contributed by atoms with van der Waals surface area (Å²) >= 11 is 3.36. The Bertz CT molecular complexity index is 459. The van der Waals surface area contributed by atoms with Gasteiger partial charge >= 0.3 is 0 Å². The predicted octanol–water partition coefficient (Wildman–Crippen LogP) is 1.78. The van der Waals surface area contributed by atoms with Gasteiger partial charge in [-0.3, -0.25) is 4.99 Å². The standard InChI is InChI=1S/C13H24N6S2.HI/c1-4-11-16-13(21-17-11)19-8-6-18(7-9-19)12(14-2)15-5-10-20-3;/h4-10H2,1-3H3,(H,14,15);1H.